The van der Waals surface area contributed by atoms with Gasteiger partial charge in [-0.3, -0.25) is 4.68 Å². The molecule has 0 bridgehead atoms. The highest BCUT2D eigenvalue weighted by molar-refractivity contribution is 5.89. The molecule has 5 heteroatoms. The molecule has 94 valence electrons. The normalized spacial score (nSPS) is 17.0. The fourth-order valence-electron chi connectivity index (χ4n) is 2.43. The summed E-state index contributed by atoms with van der Waals surface area (Å²) in [5, 5.41) is 13.1. The number of ether oxygens (including phenoxy) is 1. The molecular formula is C12H18N2O3. The summed E-state index contributed by atoms with van der Waals surface area (Å²) in [6, 6.07) is 0. The summed E-state index contributed by atoms with van der Waals surface area (Å²) < 4.78 is 6.67. The molecule has 0 aliphatic heterocycles. The van der Waals surface area contributed by atoms with Crippen molar-refractivity contribution in [3.05, 3.63) is 11.8 Å². The van der Waals surface area contributed by atoms with Crippen molar-refractivity contribution in [1.29, 1.82) is 0 Å². The molecule has 1 aromatic rings. The van der Waals surface area contributed by atoms with Gasteiger partial charge in [0.25, 0.3) is 0 Å². The average molecular weight is 238 g/mol. The molecule has 2 rings (SSSR count). The van der Waals surface area contributed by atoms with Gasteiger partial charge in [0.1, 0.15) is 5.56 Å². The predicted molar refractivity (Wildman–Crippen MR) is 62.3 cm³/mol. The second-order valence-corrected chi connectivity index (χ2v) is 4.58. The first kappa shape index (κ1) is 12.0. The van der Waals surface area contributed by atoms with Crippen LogP contribution in [-0.4, -0.2) is 28.0 Å². The number of carbonyl (C=O) groups is 1. The molecule has 0 aromatic carbocycles. The van der Waals surface area contributed by atoms with Crippen LogP contribution in [0.15, 0.2) is 6.20 Å². The first-order valence-electron chi connectivity index (χ1n) is 6.05. The monoisotopic (exact) mass is 238 g/mol. The summed E-state index contributed by atoms with van der Waals surface area (Å²) in [4.78, 5) is 11.0. The molecule has 1 fully saturated rings. The minimum atomic E-state index is -0.989. The van der Waals surface area contributed by atoms with Crippen molar-refractivity contribution in [1.82, 2.24) is 9.78 Å². The van der Waals surface area contributed by atoms with E-state index in [0.717, 1.165) is 6.54 Å². The molecule has 1 saturated carbocycles. The largest absolute Gasteiger partial charge is 0.479 e. The Hall–Kier alpha value is -1.52. The van der Waals surface area contributed by atoms with Gasteiger partial charge >= 0.3 is 5.97 Å². The molecule has 1 heterocycles. The molecule has 1 aliphatic carbocycles. The number of carboxylic acids is 1. The summed E-state index contributed by atoms with van der Waals surface area (Å²) in [7, 11) is 1.44. The van der Waals surface area contributed by atoms with E-state index in [9.17, 15) is 4.79 Å². The van der Waals surface area contributed by atoms with Gasteiger partial charge in [0.05, 0.1) is 7.11 Å². The van der Waals surface area contributed by atoms with Gasteiger partial charge in [-0.1, -0.05) is 19.3 Å². The number of hydrogen-bond acceptors (Lipinski definition) is 3. The molecule has 1 aliphatic rings. The lowest BCUT2D eigenvalue weighted by atomic mass is 9.89. The molecule has 0 spiro atoms. The summed E-state index contributed by atoms with van der Waals surface area (Å²) in [5.74, 6) is -0.167. The number of aromatic carboxylic acids is 1. The number of rotatable bonds is 4. The third-order valence-corrected chi connectivity index (χ3v) is 3.32. The number of hydrogen-bond donors (Lipinski definition) is 1. The maximum Gasteiger partial charge on any atom is 0.342 e. The Morgan fingerprint density at radius 2 is 2.24 bits per heavy atom. The van der Waals surface area contributed by atoms with E-state index < -0.39 is 5.97 Å². The standard InChI is InChI=1S/C12H18N2O3/c1-17-11-10(12(15)16)8-14(13-11)7-9-5-3-2-4-6-9/h8-9H,2-7H2,1H3,(H,15,16). The van der Waals surface area contributed by atoms with E-state index in [1.165, 1.54) is 39.2 Å². The Kier molecular flexibility index (Phi) is 3.66. The molecule has 0 unspecified atom stereocenters. The summed E-state index contributed by atoms with van der Waals surface area (Å²) in [6.07, 6.45) is 7.86. The van der Waals surface area contributed by atoms with Crippen molar-refractivity contribution in [2.45, 2.75) is 38.6 Å². The lowest BCUT2D eigenvalue weighted by molar-refractivity contribution is 0.0693. The second-order valence-electron chi connectivity index (χ2n) is 4.58. The summed E-state index contributed by atoms with van der Waals surface area (Å²) in [5.41, 5.74) is 0.142. The van der Waals surface area contributed by atoms with E-state index in [0.29, 0.717) is 5.92 Å². The van der Waals surface area contributed by atoms with E-state index in [2.05, 4.69) is 5.10 Å². The SMILES string of the molecule is COc1nn(CC2CCCCC2)cc1C(=O)O. The molecule has 0 radical (unpaired) electrons. The zero-order valence-corrected chi connectivity index (χ0v) is 10.1. The third-order valence-electron chi connectivity index (χ3n) is 3.32. The van der Waals surface area contributed by atoms with Gasteiger partial charge in [-0.05, 0) is 18.8 Å². The Balaban J connectivity index is 2.07. The van der Waals surface area contributed by atoms with Gasteiger partial charge in [-0.2, -0.15) is 0 Å². The van der Waals surface area contributed by atoms with Crippen LogP contribution in [0.5, 0.6) is 5.88 Å². The fourth-order valence-corrected chi connectivity index (χ4v) is 2.43. The Morgan fingerprint density at radius 3 is 2.76 bits per heavy atom. The Morgan fingerprint density at radius 1 is 1.53 bits per heavy atom. The van der Waals surface area contributed by atoms with Crippen molar-refractivity contribution in [3.8, 4) is 5.88 Å². The Bertz CT molecular complexity index is 394. The van der Waals surface area contributed by atoms with Crippen molar-refractivity contribution in [2.24, 2.45) is 5.92 Å². The molecule has 1 aromatic heterocycles. The maximum atomic E-state index is 11.0. The Labute approximate surface area is 100 Å². The first-order chi connectivity index (χ1) is 8.20. The van der Waals surface area contributed by atoms with E-state index >= 15 is 0 Å². The van der Waals surface area contributed by atoms with Crippen LogP contribution >= 0.6 is 0 Å². The first-order valence-corrected chi connectivity index (χ1v) is 6.05. The van der Waals surface area contributed by atoms with E-state index in [1.807, 2.05) is 0 Å². The van der Waals surface area contributed by atoms with Crippen LogP contribution in [0.2, 0.25) is 0 Å². The highest BCUT2D eigenvalue weighted by atomic mass is 16.5. The zero-order valence-electron chi connectivity index (χ0n) is 10.1. The van der Waals surface area contributed by atoms with Gasteiger partial charge in [-0.25, -0.2) is 4.79 Å². The minimum Gasteiger partial charge on any atom is -0.479 e. The van der Waals surface area contributed by atoms with Gasteiger partial charge in [0.2, 0.25) is 5.88 Å². The van der Waals surface area contributed by atoms with E-state index in [1.54, 1.807) is 10.9 Å². The van der Waals surface area contributed by atoms with Crippen molar-refractivity contribution in [2.75, 3.05) is 7.11 Å². The molecular weight excluding hydrogens is 220 g/mol. The van der Waals surface area contributed by atoms with Crippen molar-refractivity contribution >= 4 is 5.97 Å². The fraction of sp³-hybridized carbons (Fsp3) is 0.667. The average Bonchev–Trinajstić information content (AvgIpc) is 2.73. The molecule has 1 N–H and O–H groups in total. The van der Waals surface area contributed by atoms with Crippen LogP contribution in [0.1, 0.15) is 42.5 Å². The molecule has 5 nitrogen and oxygen atoms in total. The van der Waals surface area contributed by atoms with Crippen molar-refractivity contribution in [3.63, 3.8) is 0 Å². The second kappa shape index (κ2) is 5.21. The minimum absolute atomic E-state index is 0.142. The van der Waals surface area contributed by atoms with Crippen LogP contribution in [-0.2, 0) is 6.54 Å². The van der Waals surface area contributed by atoms with Gasteiger partial charge in [-0.15, -0.1) is 5.10 Å². The van der Waals surface area contributed by atoms with E-state index in [4.69, 9.17) is 9.84 Å². The lowest BCUT2D eigenvalue weighted by Crippen LogP contribution is -2.14. The summed E-state index contributed by atoms with van der Waals surface area (Å²) >= 11 is 0. The van der Waals surface area contributed by atoms with Crippen LogP contribution in [0, 0.1) is 5.92 Å². The van der Waals surface area contributed by atoms with Crippen LogP contribution in [0.3, 0.4) is 0 Å². The van der Waals surface area contributed by atoms with Crippen molar-refractivity contribution < 1.29 is 14.6 Å². The number of methoxy groups -OCH3 is 1. The summed E-state index contributed by atoms with van der Waals surface area (Å²) in [6.45, 7) is 0.795. The number of nitrogens with zero attached hydrogens (tertiary/aromatic N) is 2. The predicted octanol–water partition coefficient (Wildman–Crippen LogP) is 2.17. The van der Waals surface area contributed by atoms with Crippen LogP contribution in [0.25, 0.3) is 0 Å². The molecule has 17 heavy (non-hydrogen) atoms. The van der Waals surface area contributed by atoms with Crippen LogP contribution in [0.4, 0.5) is 0 Å². The third kappa shape index (κ3) is 2.78. The number of aromatic nitrogens is 2. The van der Waals surface area contributed by atoms with Gasteiger partial charge < -0.3 is 9.84 Å². The van der Waals surface area contributed by atoms with Gasteiger partial charge in [0, 0.05) is 12.7 Å². The van der Waals surface area contributed by atoms with E-state index in [-0.39, 0.29) is 11.4 Å². The molecule has 0 saturated heterocycles. The number of carboxylic acid groups (broad SMARTS) is 1. The highest BCUT2D eigenvalue weighted by Crippen LogP contribution is 2.25. The zero-order chi connectivity index (χ0) is 12.3. The maximum absolute atomic E-state index is 11.0. The highest BCUT2D eigenvalue weighted by Gasteiger charge is 2.19. The van der Waals surface area contributed by atoms with Gasteiger partial charge in [0.15, 0.2) is 0 Å². The molecule has 0 amide bonds. The topological polar surface area (TPSA) is 64.4 Å². The quantitative estimate of drug-likeness (QED) is 0.873. The lowest BCUT2D eigenvalue weighted by Gasteiger charge is -2.21. The molecule has 0 atom stereocenters. The smallest absolute Gasteiger partial charge is 0.342 e. The van der Waals surface area contributed by atoms with Crippen LogP contribution < -0.4 is 4.74 Å².